The van der Waals surface area contributed by atoms with Crippen molar-refractivity contribution in [3.63, 3.8) is 0 Å². The predicted molar refractivity (Wildman–Crippen MR) is 426 cm³/mol. The summed E-state index contributed by atoms with van der Waals surface area (Å²) in [6.07, 6.45) is 12.6. The van der Waals surface area contributed by atoms with Crippen LogP contribution in [0.3, 0.4) is 0 Å². The van der Waals surface area contributed by atoms with E-state index in [1.165, 1.54) is 6.33 Å². The average molecular weight is 1660 g/mol. The zero-order valence-corrected chi connectivity index (χ0v) is 64.4. The van der Waals surface area contributed by atoms with Gasteiger partial charge in [-0.05, 0) is 171 Å². The van der Waals surface area contributed by atoms with Gasteiger partial charge in [-0.3, -0.25) is 41.3 Å². The Morgan fingerprint density at radius 2 is 0.822 bits per heavy atom. The highest BCUT2D eigenvalue weighted by molar-refractivity contribution is 7.80. The van der Waals surface area contributed by atoms with Crippen molar-refractivity contribution in [1.29, 1.82) is 0 Å². The third-order valence-corrected chi connectivity index (χ3v) is 24.9. The number of hydrogen-bond acceptors (Lipinski definition) is 15. The normalized spacial score (nSPS) is 19.1. The molecule has 0 amide bonds. The molecule has 0 spiro atoms. The highest BCUT2D eigenvalue weighted by Gasteiger charge is 2.62. The van der Waals surface area contributed by atoms with Crippen molar-refractivity contribution in [2.24, 2.45) is 23.2 Å². The molecule has 5 aromatic carbocycles. The van der Waals surface area contributed by atoms with Crippen molar-refractivity contribution < 1.29 is 25.5 Å². The van der Waals surface area contributed by atoms with Gasteiger partial charge in [0.1, 0.15) is 40.7 Å². The number of nitrogens with two attached hydrogens (primary N) is 4. The Kier molecular flexibility index (Phi) is 31.0. The van der Waals surface area contributed by atoms with E-state index in [9.17, 15) is 25.5 Å². The summed E-state index contributed by atoms with van der Waals surface area (Å²) in [6.45, 7) is 1.10. The van der Waals surface area contributed by atoms with Gasteiger partial charge in [0.05, 0.1) is 44.0 Å². The Morgan fingerprint density at radius 3 is 1.12 bits per heavy atom. The molecule has 19 nitrogen and oxygen atoms in total. The van der Waals surface area contributed by atoms with Crippen LogP contribution in [0.2, 0.25) is 25.1 Å². The van der Waals surface area contributed by atoms with E-state index in [-0.39, 0.29) is 51.3 Å². The molecule has 2 heterocycles. The van der Waals surface area contributed by atoms with E-state index in [0.717, 1.165) is 97.0 Å². The summed E-state index contributed by atoms with van der Waals surface area (Å²) in [7, 11) is 0. The molecule has 5 aliphatic carbocycles. The van der Waals surface area contributed by atoms with Crippen LogP contribution in [-0.4, -0.2) is 142 Å². The molecule has 5 unspecified atom stereocenters. The maximum Gasteiger partial charge on any atom is 0.215 e. The van der Waals surface area contributed by atoms with Gasteiger partial charge >= 0.3 is 0 Å². The molecule has 33 heteroatoms. The van der Waals surface area contributed by atoms with Gasteiger partial charge in [0.2, 0.25) is 9.54 Å². The maximum absolute atomic E-state index is 11.2. The molecule has 5 fully saturated rings. The molecule has 0 saturated heterocycles. The van der Waals surface area contributed by atoms with Crippen molar-refractivity contribution >= 4 is 175 Å². The first kappa shape index (κ1) is 86.7. The summed E-state index contributed by atoms with van der Waals surface area (Å²) >= 11 is 82.8. The molecular formula is C68H88Cl10N14O5S4. The van der Waals surface area contributed by atoms with Gasteiger partial charge in [0.25, 0.3) is 0 Å². The minimum atomic E-state index is -1.24. The first-order chi connectivity index (χ1) is 46.5. The fourth-order valence-electron chi connectivity index (χ4n) is 11.6. The van der Waals surface area contributed by atoms with E-state index in [1.54, 1.807) is 33.9 Å². The number of aromatic nitrogens is 6. The lowest BCUT2D eigenvalue weighted by molar-refractivity contribution is 0.00706. The number of hydrogen-bond donors (Lipinski definition) is 14. The topological polar surface area (TPSA) is 312 Å². The molecule has 5 aliphatic rings. The summed E-state index contributed by atoms with van der Waals surface area (Å²) < 4.78 is 4.08. The number of thiocarbonyl (C=S) groups is 2. The molecule has 0 aliphatic heterocycles. The number of aliphatic hydroxyl groups is 5. The van der Waals surface area contributed by atoms with E-state index in [1.807, 2.05) is 103 Å². The molecule has 0 radical (unpaired) electrons. The molecule has 101 heavy (non-hydrogen) atoms. The summed E-state index contributed by atoms with van der Waals surface area (Å²) in [5, 5.41) is 65.1. The van der Waals surface area contributed by atoms with Crippen molar-refractivity contribution in [3.05, 3.63) is 196 Å². The highest BCUT2D eigenvalue weighted by Crippen LogP contribution is 2.56. The van der Waals surface area contributed by atoms with Crippen LogP contribution < -0.4 is 39.4 Å². The van der Waals surface area contributed by atoms with E-state index >= 15 is 0 Å². The lowest BCUT2D eigenvalue weighted by Crippen LogP contribution is -2.57. The van der Waals surface area contributed by atoms with Gasteiger partial charge in [-0.25, -0.2) is 21.2 Å². The summed E-state index contributed by atoms with van der Waals surface area (Å²) in [5.74, 6) is 11.1. The second kappa shape index (κ2) is 36.1. The maximum atomic E-state index is 11.2. The Morgan fingerprint density at radius 1 is 0.505 bits per heavy atom. The summed E-state index contributed by atoms with van der Waals surface area (Å²) in [4.78, 5) is 4.79. The Hall–Kier alpha value is -3.26. The molecule has 5 atom stereocenters. The SMILES string of the molecule is C.C.NC(=S)N(N)CC(O)(Cc1ccccc1Cl)C1(Cl)CC1.NC(=S)NNCC(O)(Cc1ccccc1Cl)C1(Cl)CC1.NNCC(O)(Cc1ccccc1Cl)C1(Cl)CC1.OC(Cc1ccccc1Cl)(Cn1[nH]cnc1=S)C1(Cl)CC1.OC(Cc1ccccc1Cl)(Cn1cnc(=S)[nH]1)C1(Cl)CC1. The minimum absolute atomic E-state index is 0. The number of nitrogens with one attached hydrogen (secondary N) is 5. The first-order valence-electron chi connectivity index (χ1n) is 31.5. The van der Waals surface area contributed by atoms with Crippen LogP contribution in [0.15, 0.2) is 134 Å². The number of aromatic amines is 2. The second-order valence-corrected chi connectivity index (χ2v) is 33.3. The number of halogens is 10. The van der Waals surface area contributed by atoms with Crippen LogP contribution in [0.1, 0.15) is 107 Å². The lowest BCUT2D eigenvalue weighted by Gasteiger charge is -2.36. The molecule has 18 N–H and O–H groups in total. The quantitative estimate of drug-likeness (QED) is 0.0104. The van der Waals surface area contributed by atoms with Crippen molar-refractivity contribution in [3.8, 4) is 0 Å². The Balaban J connectivity index is 0.000000198. The molecular weight excluding hydrogens is 1580 g/mol. The second-order valence-electron chi connectivity index (χ2n) is 26.1. The van der Waals surface area contributed by atoms with Crippen LogP contribution in [0.5, 0.6) is 0 Å². The molecule has 12 rings (SSSR count). The summed E-state index contributed by atoms with van der Waals surface area (Å²) in [6, 6.07) is 37.2. The van der Waals surface area contributed by atoms with Gasteiger partial charge in [0.15, 0.2) is 10.2 Å². The van der Waals surface area contributed by atoms with E-state index in [0.29, 0.717) is 73.3 Å². The van der Waals surface area contributed by atoms with Gasteiger partial charge in [0, 0.05) is 70.3 Å². The highest BCUT2D eigenvalue weighted by atomic mass is 35.5. The number of rotatable bonds is 26. The fourth-order valence-corrected chi connectivity index (χ4v) is 14.2. The molecule has 2 aromatic heterocycles. The number of alkyl halides is 5. The van der Waals surface area contributed by atoms with Crippen LogP contribution in [0, 0.1) is 9.54 Å². The van der Waals surface area contributed by atoms with Crippen LogP contribution >= 0.6 is 165 Å². The number of benzene rings is 5. The van der Waals surface area contributed by atoms with E-state index in [2.05, 4.69) is 36.4 Å². The van der Waals surface area contributed by atoms with E-state index in [4.69, 9.17) is 188 Å². The Labute approximate surface area is 661 Å². The van der Waals surface area contributed by atoms with Gasteiger partial charge in [-0.1, -0.05) is 164 Å². The van der Waals surface area contributed by atoms with Crippen LogP contribution in [0.4, 0.5) is 0 Å². The largest absolute Gasteiger partial charge is 0.386 e. The van der Waals surface area contributed by atoms with Crippen molar-refractivity contribution in [2.45, 2.75) is 177 Å². The molecule has 0 bridgehead atoms. The molecule has 7 aromatic rings. The average Bonchev–Trinajstić information content (AvgIpc) is 1.64. The van der Waals surface area contributed by atoms with Crippen LogP contribution in [0.25, 0.3) is 0 Å². The number of nitrogens with zero attached hydrogens (tertiary/aromatic N) is 5. The van der Waals surface area contributed by atoms with E-state index < -0.39 is 52.4 Å². The van der Waals surface area contributed by atoms with Gasteiger partial charge < -0.3 is 37.0 Å². The molecule has 554 valence electrons. The zero-order valence-electron chi connectivity index (χ0n) is 53.5. The third-order valence-electron chi connectivity index (χ3n) is 18.5. The summed E-state index contributed by atoms with van der Waals surface area (Å²) in [5.41, 5.74) is 17.4. The monoisotopic (exact) mass is 1660 g/mol. The fraction of sp³-hybridized carbons (Fsp3) is 0.471. The number of H-pyrrole nitrogens is 2. The minimum Gasteiger partial charge on any atom is -0.386 e. The predicted octanol–water partition coefficient (Wildman–Crippen LogP) is 13.3. The smallest absolute Gasteiger partial charge is 0.215 e. The van der Waals surface area contributed by atoms with Crippen molar-refractivity contribution in [2.75, 3.05) is 19.6 Å². The molecule has 5 saturated carbocycles. The van der Waals surface area contributed by atoms with Crippen LogP contribution in [-0.2, 0) is 45.2 Å². The number of hydrazine groups is 3. The van der Waals surface area contributed by atoms with Crippen molar-refractivity contribution in [1.82, 2.24) is 50.8 Å². The Bertz CT molecular complexity index is 4030. The van der Waals surface area contributed by atoms with Gasteiger partial charge in [-0.2, -0.15) is 0 Å². The lowest BCUT2D eigenvalue weighted by atomic mass is 9.88. The van der Waals surface area contributed by atoms with Gasteiger partial charge in [-0.15, -0.1) is 58.0 Å². The zero-order chi connectivity index (χ0) is 72.5. The third kappa shape index (κ3) is 22.7. The first-order valence-corrected chi connectivity index (χ1v) is 36.9. The standard InChI is InChI=1S/2C14H15Cl2N3OS.2C13H17Cl2N3OS.C12H16Cl2N2O.2CH4/c15-11-4-2-1-3-10(11)7-14(20,13(16)5-6-13)8-19-9-17-12(21)18-19;15-11-4-2-1-3-10(11)7-14(20,13(16)5-6-13)8-19-12(21)17-9-18-19;14-10-4-2-1-3-9(10)7-13(19,12(15)5-6-12)8-18(17)11(16)20;14-10-4-2-1-3-9(10)7-13(19,12(15)5-6-12)8-17-18-11(16)20;13-10-4-2-1-3-9(10)7-12(17,8-16-15)11(14)5-6-11;;/h1-4,9,20H,5-8H2,(H,18,21);1-4,9,20H,5-8H2,(H,17,18,21);1-4,19H,5-8,17H2,(H2,16,20);1-4,17,19H,5-8H2,(H3,16,18,20);1-4,16-17H,5-8,15H2;2*1H4.